The molecule has 2 heterocycles. The maximum atomic E-state index is 9.03. The van der Waals surface area contributed by atoms with Gasteiger partial charge in [0, 0.05) is 36.3 Å². The molecule has 0 aliphatic rings. The van der Waals surface area contributed by atoms with Crippen LogP contribution in [-0.2, 0) is 13.1 Å². The summed E-state index contributed by atoms with van der Waals surface area (Å²) in [5, 5.41) is 13.4. The number of aromatic nitrogens is 4. The van der Waals surface area contributed by atoms with Gasteiger partial charge in [0.05, 0.1) is 24.4 Å². The molecule has 0 N–H and O–H groups in total. The summed E-state index contributed by atoms with van der Waals surface area (Å²) in [6.45, 7) is 3.79. The molecule has 0 spiro atoms. The van der Waals surface area contributed by atoms with Crippen molar-refractivity contribution < 1.29 is 0 Å². The zero-order valence-corrected chi connectivity index (χ0v) is 12.5. The van der Waals surface area contributed by atoms with E-state index in [1.807, 2.05) is 35.3 Å². The van der Waals surface area contributed by atoms with E-state index >= 15 is 0 Å². The van der Waals surface area contributed by atoms with Crippen molar-refractivity contribution in [3.05, 3.63) is 60.2 Å². The van der Waals surface area contributed by atoms with E-state index in [1.165, 1.54) is 0 Å². The van der Waals surface area contributed by atoms with Crippen molar-refractivity contribution in [1.82, 2.24) is 19.3 Å². The number of benzene rings is 1. The molecule has 0 bridgehead atoms. The molecule has 3 rings (SSSR count). The summed E-state index contributed by atoms with van der Waals surface area (Å²) >= 11 is 0. The van der Waals surface area contributed by atoms with Crippen molar-refractivity contribution >= 4 is 0 Å². The average Bonchev–Trinajstić information content (AvgIpc) is 3.18. The molecule has 0 aliphatic carbocycles. The fourth-order valence-corrected chi connectivity index (χ4v) is 2.46. The Kier molecular flexibility index (Phi) is 4.01. The second-order valence-electron chi connectivity index (χ2n) is 5.18. The third-order valence-electron chi connectivity index (χ3n) is 3.46. The van der Waals surface area contributed by atoms with Crippen molar-refractivity contribution in [2.45, 2.75) is 26.4 Å². The lowest BCUT2D eigenvalue weighted by molar-refractivity contribution is 0.602. The van der Waals surface area contributed by atoms with E-state index < -0.39 is 0 Å². The molecule has 3 aromatic rings. The van der Waals surface area contributed by atoms with Crippen LogP contribution >= 0.6 is 0 Å². The van der Waals surface area contributed by atoms with Gasteiger partial charge in [0.15, 0.2) is 0 Å². The largest absolute Gasteiger partial charge is 0.326 e. The third-order valence-corrected chi connectivity index (χ3v) is 3.46. The molecule has 2 aromatic heterocycles. The van der Waals surface area contributed by atoms with Gasteiger partial charge >= 0.3 is 0 Å². The molecule has 5 heteroatoms. The normalized spacial score (nSPS) is 10.5. The SMILES string of the molecule is CCCn1cc(Cn2ccnc2-c2cccc(C#N)c2)cn1. The summed E-state index contributed by atoms with van der Waals surface area (Å²) in [7, 11) is 0. The van der Waals surface area contributed by atoms with Crippen LogP contribution in [0.25, 0.3) is 11.4 Å². The van der Waals surface area contributed by atoms with Crippen LogP contribution in [0.15, 0.2) is 49.1 Å². The topological polar surface area (TPSA) is 59.4 Å². The minimum absolute atomic E-state index is 0.641. The van der Waals surface area contributed by atoms with Crippen LogP contribution in [0.1, 0.15) is 24.5 Å². The van der Waals surface area contributed by atoms with E-state index in [0.717, 1.165) is 36.5 Å². The summed E-state index contributed by atoms with van der Waals surface area (Å²) in [4.78, 5) is 4.43. The highest BCUT2D eigenvalue weighted by Gasteiger charge is 2.08. The molecular weight excluding hydrogens is 274 g/mol. The Morgan fingerprint density at radius 3 is 3.05 bits per heavy atom. The third kappa shape index (κ3) is 2.91. The number of nitrogens with zero attached hydrogens (tertiary/aromatic N) is 5. The minimum Gasteiger partial charge on any atom is -0.326 e. The number of hydrogen-bond donors (Lipinski definition) is 0. The summed E-state index contributed by atoms with van der Waals surface area (Å²) in [5.41, 5.74) is 2.73. The van der Waals surface area contributed by atoms with Crippen molar-refractivity contribution in [3.63, 3.8) is 0 Å². The average molecular weight is 291 g/mol. The van der Waals surface area contributed by atoms with Gasteiger partial charge < -0.3 is 4.57 Å². The number of nitriles is 1. The smallest absolute Gasteiger partial charge is 0.140 e. The van der Waals surface area contributed by atoms with Gasteiger partial charge in [-0.25, -0.2) is 4.98 Å². The Labute approximate surface area is 129 Å². The zero-order chi connectivity index (χ0) is 15.4. The first-order chi connectivity index (χ1) is 10.8. The molecule has 0 atom stereocenters. The molecule has 22 heavy (non-hydrogen) atoms. The Hall–Kier alpha value is -2.87. The predicted octanol–water partition coefficient (Wildman–Crippen LogP) is 3.08. The van der Waals surface area contributed by atoms with Crippen LogP contribution in [-0.4, -0.2) is 19.3 Å². The lowest BCUT2D eigenvalue weighted by Gasteiger charge is -2.06. The summed E-state index contributed by atoms with van der Waals surface area (Å²) in [5.74, 6) is 0.861. The maximum absolute atomic E-state index is 9.03. The minimum atomic E-state index is 0.641. The molecule has 110 valence electrons. The first-order valence-corrected chi connectivity index (χ1v) is 7.33. The Morgan fingerprint density at radius 1 is 1.32 bits per heavy atom. The molecule has 0 amide bonds. The number of aryl methyl sites for hydroxylation is 1. The lowest BCUT2D eigenvalue weighted by atomic mass is 10.1. The Balaban J connectivity index is 1.86. The van der Waals surface area contributed by atoms with Gasteiger partial charge in [0.1, 0.15) is 5.82 Å². The van der Waals surface area contributed by atoms with Gasteiger partial charge in [0.2, 0.25) is 0 Å². The van der Waals surface area contributed by atoms with E-state index in [-0.39, 0.29) is 0 Å². The molecule has 5 nitrogen and oxygen atoms in total. The van der Waals surface area contributed by atoms with Crippen LogP contribution in [0.4, 0.5) is 0 Å². The zero-order valence-electron chi connectivity index (χ0n) is 12.5. The Morgan fingerprint density at radius 2 is 2.23 bits per heavy atom. The summed E-state index contributed by atoms with van der Waals surface area (Å²) < 4.78 is 4.03. The lowest BCUT2D eigenvalue weighted by Crippen LogP contribution is -2.01. The van der Waals surface area contributed by atoms with Gasteiger partial charge in [-0.3, -0.25) is 4.68 Å². The fourth-order valence-electron chi connectivity index (χ4n) is 2.46. The van der Waals surface area contributed by atoms with Crippen LogP contribution in [0.3, 0.4) is 0 Å². The highest BCUT2D eigenvalue weighted by molar-refractivity contribution is 5.58. The van der Waals surface area contributed by atoms with Crippen molar-refractivity contribution in [1.29, 1.82) is 5.26 Å². The predicted molar refractivity (Wildman–Crippen MR) is 84.0 cm³/mol. The van der Waals surface area contributed by atoms with E-state index in [0.29, 0.717) is 5.56 Å². The standard InChI is InChI=1S/C17H17N5/c1-2-7-22-13-15(11-20-22)12-21-8-6-19-17(21)16-5-3-4-14(9-16)10-18/h3-6,8-9,11,13H,2,7,12H2,1H3. The molecule has 0 saturated heterocycles. The van der Waals surface area contributed by atoms with Gasteiger partial charge in [-0.15, -0.1) is 0 Å². The molecular formula is C17H17N5. The number of rotatable bonds is 5. The maximum Gasteiger partial charge on any atom is 0.140 e. The van der Waals surface area contributed by atoms with E-state index in [1.54, 1.807) is 12.3 Å². The second-order valence-corrected chi connectivity index (χ2v) is 5.18. The Bertz CT molecular complexity index is 806. The number of hydrogen-bond acceptors (Lipinski definition) is 3. The first-order valence-electron chi connectivity index (χ1n) is 7.33. The van der Waals surface area contributed by atoms with Gasteiger partial charge in [-0.1, -0.05) is 19.1 Å². The van der Waals surface area contributed by atoms with E-state index in [2.05, 4.69) is 33.8 Å². The summed E-state index contributed by atoms with van der Waals surface area (Å²) in [6.07, 6.45) is 8.76. The molecule has 1 aromatic carbocycles. The monoisotopic (exact) mass is 291 g/mol. The van der Waals surface area contributed by atoms with E-state index in [4.69, 9.17) is 5.26 Å². The van der Waals surface area contributed by atoms with Crippen molar-refractivity contribution in [2.75, 3.05) is 0 Å². The molecule has 0 aliphatic heterocycles. The van der Waals surface area contributed by atoms with Crippen LogP contribution in [0, 0.1) is 11.3 Å². The van der Waals surface area contributed by atoms with Crippen LogP contribution in [0.5, 0.6) is 0 Å². The fraction of sp³-hybridized carbons (Fsp3) is 0.235. The molecule has 0 saturated carbocycles. The molecule has 0 radical (unpaired) electrons. The van der Waals surface area contributed by atoms with Gasteiger partial charge in [-0.2, -0.15) is 10.4 Å². The van der Waals surface area contributed by atoms with Crippen LogP contribution in [0.2, 0.25) is 0 Å². The molecule has 0 fully saturated rings. The van der Waals surface area contributed by atoms with Gasteiger partial charge in [0.25, 0.3) is 0 Å². The second kappa shape index (κ2) is 6.27. The highest BCUT2D eigenvalue weighted by atomic mass is 15.3. The summed E-state index contributed by atoms with van der Waals surface area (Å²) in [6, 6.07) is 9.68. The number of imidazole rings is 1. The van der Waals surface area contributed by atoms with Crippen molar-refractivity contribution in [3.8, 4) is 17.5 Å². The molecule has 0 unspecified atom stereocenters. The quantitative estimate of drug-likeness (QED) is 0.726. The van der Waals surface area contributed by atoms with E-state index in [9.17, 15) is 0 Å². The highest BCUT2D eigenvalue weighted by Crippen LogP contribution is 2.19. The van der Waals surface area contributed by atoms with Gasteiger partial charge in [-0.05, 0) is 18.6 Å². The van der Waals surface area contributed by atoms with Crippen molar-refractivity contribution in [2.24, 2.45) is 0 Å². The van der Waals surface area contributed by atoms with Crippen LogP contribution < -0.4 is 0 Å². The first kappa shape index (κ1) is 14.1.